The number of rotatable bonds is 2. The Hall–Kier alpha value is -0.720. The molecule has 0 aromatic heterocycles. The van der Waals surface area contributed by atoms with E-state index in [4.69, 9.17) is 0 Å². The highest BCUT2D eigenvalue weighted by molar-refractivity contribution is 4.88. The van der Waals surface area contributed by atoms with Crippen molar-refractivity contribution in [3.8, 4) is 0 Å². The molecule has 0 saturated carbocycles. The summed E-state index contributed by atoms with van der Waals surface area (Å²) in [6, 6.07) is 0. The van der Waals surface area contributed by atoms with Gasteiger partial charge in [-0.2, -0.15) is 0 Å². The average molecular weight is 262 g/mol. The van der Waals surface area contributed by atoms with Gasteiger partial charge in [-0.25, -0.2) is 0 Å². The molecule has 0 aliphatic rings. The molecule has 0 radical (unpaired) electrons. The van der Waals surface area contributed by atoms with Gasteiger partial charge in [0.15, 0.2) is 0 Å². The van der Waals surface area contributed by atoms with Crippen molar-refractivity contribution >= 4 is 0 Å². The summed E-state index contributed by atoms with van der Waals surface area (Å²) in [5.74, 6) is 0. The van der Waals surface area contributed by atoms with Crippen molar-refractivity contribution in [3.05, 3.63) is 24.9 Å². The van der Waals surface area contributed by atoms with Crippen molar-refractivity contribution in [2.45, 2.75) is 75.7 Å². The summed E-state index contributed by atoms with van der Waals surface area (Å²) in [6.45, 7) is 27.1. The van der Waals surface area contributed by atoms with Gasteiger partial charge in [-0.05, 0) is 13.3 Å². The number of hydrogen-bond donors (Lipinski definition) is 0. The van der Waals surface area contributed by atoms with E-state index in [-0.39, 0.29) is 0 Å². The van der Waals surface area contributed by atoms with Crippen molar-refractivity contribution in [2.75, 3.05) is 14.1 Å². The predicted octanol–water partition coefficient (Wildman–Crippen LogP) is 6.77. The van der Waals surface area contributed by atoms with Crippen LogP contribution >= 0.6 is 0 Å². The minimum atomic E-state index is 1.05. The Morgan fingerprint density at radius 3 is 1.06 bits per heavy atom. The van der Waals surface area contributed by atoms with Crippen LogP contribution in [0.3, 0.4) is 0 Å². The topological polar surface area (TPSA) is 3.24 Å². The van der Waals surface area contributed by atoms with E-state index < -0.39 is 0 Å². The Balaban J connectivity index is -0.0000000279. The lowest BCUT2D eigenvalue weighted by Gasteiger charge is -2.12. The maximum atomic E-state index is 3.80. The highest BCUT2D eigenvalue weighted by Crippen LogP contribution is 1.96. The van der Waals surface area contributed by atoms with Crippen LogP contribution in [0.4, 0.5) is 0 Å². The van der Waals surface area contributed by atoms with Crippen LogP contribution < -0.4 is 0 Å². The molecule has 0 aromatic rings. The third-order valence-corrected chi connectivity index (χ3v) is 1.04. The lowest BCUT2D eigenvalue weighted by molar-refractivity contribution is 0.497. The van der Waals surface area contributed by atoms with Crippen molar-refractivity contribution in [1.82, 2.24) is 4.90 Å². The molecule has 18 heavy (non-hydrogen) atoms. The maximum absolute atomic E-state index is 3.80. The summed E-state index contributed by atoms with van der Waals surface area (Å²) in [7, 11) is 4.01. The molecular formula is C17H43N. The van der Waals surface area contributed by atoms with Crippen LogP contribution in [0.2, 0.25) is 0 Å². The third kappa shape index (κ3) is 112. The molecule has 116 valence electrons. The van der Waals surface area contributed by atoms with Crippen LogP contribution in [0.1, 0.15) is 75.7 Å². The van der Waals surface area contributed by atoms with Crippen LogP contribution in [-0.2, 0) is 0 Å². The van der Waals surface area contributed by atoms with E-state index in [0.717, 1.165) is 6.42 Å². The van der Waals surface area contributed by atoms with E-state index in [9.17, 15) is 0 Å². The Morgan fingerprint density at radius 2 is 1.06 bits per heavy atom. The summed E-state index contributed by atoms with van der Waals surface area (Å²) in [4.78, 5) is 2.03. The number of allylic oxidation sites excluding steroid dienone is 2. The van der Waals surface area contributed by atoms with E-state index in [1.165, 1.54) is 5.70 Å². The van der Waals surface area contributed by atoms with Crippen molar-refractivity contribution in [1.29, 1.82) is 0 Å². The van der Waals surface area contributed by atoms with Gasteiger partial charge in [0, 0.05) is 19.8 Å². The first-order valence-corrected chi connectivity index (χ1v) is 7.52. The molecule has 0 aromatic carbocycles. The molecule has 1 nitrogen and oxygen atoms in total. The minimum Gasteiger partial charge on any atom is -0.381 e. The second-order valence-corrected chi connectivity index (χ2v) is 2.22. The van der Waals surface area contributed by atoms with Gasteiger partial charge in [-0.3, -0.25) is 0 Å². The summed E-state index contributed by atoms with van der Waals surface area (Å²) >= 11 is 0. The van der Waals surface area contributed by atoms with Crippen LogP contribution in [0.25, 0.3) is 0 Å². The van der Waals surface area contributed by atoms with Crippen LogP contribution in [0.15, 0.2) is 24.9 Å². The molecule has 0 spiro atoms. The summed E-state index contributed by atoms with van der Waals surface area (Å²) in [5, 5.41) is 0. The second-order valence-electron chi connectivity index (χ2n) is 2.22. The Kier molecular flexibility index (Phi) is 143. The van der Waals surface area contributed by atoms with Crippen LogP contribution in [-0.4, -0.2) is 19.0 Å². The van der Waals surface area contributed by atoms with Crippen molar-refractivity contribution < 1.29 is 0 Å². The maximum Gasteiger partial charge on any atom is 0.00579 e. The second kappa shape index (κ2) is 71.7. The molecule has 0 atom stereocenters. The highest BCUT2D eigenvalue weighted by Gasteiger charge is 1.86. The molecule has 0 aliphatic carbocycles. The molecular weight excluding hydrogens is 218 g/mol. The summed E-state index contributed by atoms with van der Waals surface area (Å²) < 4.78 is 0. The van der Waals surface area contributed by atoms with Crippen molar-refractivity contribution in [2.24, 2.45) is 0 Å². The lowest BCUT2D eigenvalue weighted by Crippen LogP contribution is -2.08. The van der Waals surface area contributed by atoms with E-state index in [0.29, 0.717) is 0 Å². The largest absolute Gasteiger partial charge is 0.381 e. The van der Waals surface area contributed by atoms with Crippen molar-refractivity contribution in [3.63, 3.8) is 0 Å². The zero-order valence-electron chi connectivity index (χ0n) is 15.6. The van der Waals surface area contributed by atoms with Gasteiger partial charge < -0.3 is 4.90 Å². The normalized spacial score (nSPS) is 5.33. The molecule has 0 fully saturated rings. The zero-order chi connectivity index (χ0) is 16.6. The molecule has 0 aliphatic heterocycles. The Morgan fingerprint density at radius 1 is 0.889 bits per heavy atom. The first-order valence-electron chi connectivity index (χ1n) is 7.52. The van der Waals surface area contributed by atoms with Gasteiger partial charge >= 0.3 is 0 Å². The third-order valence-electron chi connectivity index (χ3n) is 1.04. The first kappa shape index (κ1) is 36.0. The monoisotopic (exact) mass is 261 g/mol. The molecule has 0 unspecified atom stereocenters. The van der Waals surface area contributed by atoms with Gasteiger partial charge in [0.1, 0.15) is 0 Å². The number of nitrogens with zero attached hydrogens (tertiary/aromatic N) is 1. The highest BCUT2D eigenvalue weighted by atomic mass is 15.1. The van der Waals surface area contributed by atoms with E-state index in [1.54, 1.807) is 6.08 Å². The lowest BCUT2D eigenvalue weighted by atomic mass is 10.4. The first-order chi connectivity index (χ1) is 8.59. The molecule has 0 N–H and O–H groups in total. The van der Waals surface area contributed by atoms with Crippen LogP contribution in [0, 0.1) is 0 Å². The molecule has 1 heteroatoms. The predicted molar refractivity (Wildman–Crippen MR) is 94.4 cm³/mol. The molecule has 0 saturated heterocycles. The smallest absolute Gasteiger partial charge is 0.00579 e. The van der Waals surface area contributed by atoms with Gasteiger partial charge in [-0.1, -0.05) is 75.0 Å². The summed E-state index contributed by atoms with van der Waals surface area (Å²) in [5.41, 5.74) is 1.18. The Labute approximate surface area is 120 Å². The quantitative estimate of drug-likeness (QED) is 0.496. The van der Waals surface area contributed by atoms with Gasteiger partial charge in [0.2, 0.25) is 0 Å². The molecule has 0 bridgehead atoms. The number of hydrogen-bond acceptors (Lipinski definition) is 1. The Bertz CT molecular complexity index is 93.8. The standard InChI is InChI=1S/C6H13N.C3H6.4C2H6/c1-5-6(2)7(3)4;1-3-2;4*1-2/h2,5H2,1,3-4H3;3H,1H2,2H3;4*1-2H3. The molecule has 0 amide bonds. The van der Waals surface area contributed by atoms with E-state index in [2.05, 4.69) is 20.1 Å². The van der Waals surface area contributed by atoms with Crippen LogP contribution in [0.5, 0.6) is 0 Å². The van der Waals surface area contributed by atoms with Gasteiger partial charge in [0.05, 0.1) is 0 Å². The minimum absolute atomic E-state index is 1.05. The van der Waals surface area contributed by atoms with Gasteiger partial charge in [-0.15, -0.1) is 6.58 Å². The fourth-order valence-corrected chi connectivity index (χ4v) is 0.316. The fraction of sp³-hybridized carbons (Fsp3) is 0.765. The summed E-state index contributed by atoms with van der Waals surface area (Å²) in [6.07, 6.45) is 2.80. The molecule has 0 rings (SSSR count). The van der Waals surface area contributed by atoms with E-state index in [1.807, 2.05) is 81.3 Å². The molecule has 0 heterocycles. The van der Waals surface area contributed by atoms with Gasteiger partial charge in [0.25, 0.3) is 0 Å². The fourth-order valence-electron chi connectivity index (χ4n) is 0.316. The zero-order valence-corrected chi connectivity index (χ0v) is 15.6. The van der Waals surface area contributed by atoms with E-state index >= 15 is 0 Å². The SMILES string of the molecule is C=C(CC)N(C)C.C=CC.CC.CC.CC.CC. The average Bonchev–Trinajstić information content (AvgIpc) is 2.47.